The zero-order valence-electron chi connectivity index (χ0n) is 16.6. The van der Waals surface area contributed by atoms with Gasteiger partial charge in [0.2, 0.25) is 0 Å². The number of nitrogens with two attached hydrogens (primary N) is 1. The number of allylic oxidation sites excluding steroid dienone is 3. The molecule has 0 radical (unpaired) electrons. The number of nitriles is 1. The molecular formula is C23H22ClN3OS. The second kappa shape index (κ2) is 7.05. The molecule has 0 bridgehead atoms. The van der Waals surface area contributed by atoms with Crippen molar-refractivity contribution in [1.29, 1.82) is 5.26 Å². The first-order valence-corrected chi connectivity index (χ1v) is 10.7. The summed E-state index contributed by atoms with van der Waals surface area (Å²) in [6.45, 7) is 6.21. The van der Waals surface area contributed by atoms with Crippen LogP contribution in [0.3, 0.4) is 0 Å². The van der Waals surface area contributed by atoms with Gasteiger partial charge in [0.05, 0.1) is 17.6 Å². The first kappa shape index (κ1) is 19.8. The number of nitrogens with zero attached hydrogens (tertiary/aromatic N) is 2. The molecule has 0 saturated heterocycles. The molecule has 0 unspecified atom stereocenters. The average Bonchev–Trinajstić information content (AvgIpc) is 3.06. The standard InChI is InChI=1S/C23H22ClN3OS/c1-13-8-9-29-21(13)19-16(12-25)22(26)27(15-6-4-14(24)5-7-15)17-10-23(2,3)11-18(28)20(17)19/h4-9,19H,10-11,26H2,1-3H3/t19-/m0/s1. The second-order valence-corrected chi connectivity index (χ2v) is 9.81. The third-order valence-electron chi connectivity index (χ3n) is 5.63. The fourth-order valence-corrected chi connectivity index (χ4v) is 5.51. The number of thiophene rings is 1. The van der Waals surface area contributed by atoms with Gasteiger partial charge in [-0.15, -0.1) is 11.3 Å². The van der Waals surface area contributed by atoms with Crippen molar-refractivity contribution in [2.45, 2.75) is 39.5 Å². The van der Waals surface area contributed by atoms with Crippen LogP contribution in [0.25, 0.3) is 0 Å². The van der Waals surface area contributed by atoms with Crippen LogP contribution in [0.2, 0.25) is 5.02 Å². The van der Waals surface area contributed by atoms with Gasteiger partial charge in [-0.05, 0) is 60.0 Å². The van der Waals surface area contributed by atoms with Crippen LogP contribution in [0.5, 0.6) is 0 Å². The maximum Gasteiger partial charge on any atom is 0.162 e. The molecule has 0 spiro atoms. The van der Waals surface area contributed by atoms with Crippen LogP contribution >= 0.6 is 22.9 Å². The van der Waals surface area contributed by atoms with Crippen LogP contribution in [-0.4, -0.2) is 5.78 Å². The van der Waals surface area contributed by atoms with Crippen molar-refractivity contribution in [3.63, 3.8) is 0 Å². The van der Waals surface area contributed by atoms with Crippen LogP contribution in [-0.2, 0) is 4.79 Å². The van der Waals surface area contributed by atoms with E-state index in [1.807, 2.05) is 35.4 Å². The molecule has 2 N–H and O–H groups in total. The Labute approximate surface area is 179 Å². The van der Waals surface area contributed by atoms with E-state index in [1.54, 1.807) is 23.5 Å². The van der Waals surface area contributed by atoms with Crippen LogP contribution in [0.1, 0.15) is 43.0 Å². The average molecular weight is 424 g/mol. The summed E-state index contributed by atoms with van der Waals surface area (Å²) in [5, 5.41) is 12.7. The Balaban J connectivity index is 2.00. The number of carbonyl (C=O) groups is 1. The smallest absolute Gasteiger partial charge is 0.162 e. The predicted molar refractivity (Wildman–Crippen MR) is 118 cm³/mol. The minimum Gasteiger partial charge on any atom is -0.384 e. The number of hydrogen-bond acceptors (Lipinski definition) is 5. The van der Waals surface area contributed by atoms with E-state index in [9.17, 15) is 10.1 Å². The molecule has 0 saturated carbocycles. The number of rotatable bonds is 2. The van der Waals surface area contributed by atoms with Gasteiger partial charge < -0.3 is 5.73 Å². The largest absolute Gasteiger partial charge is 0.384 e. The van der Waals surface area contributed by atoms with Crippen molar-refractivity contribution in [3.8, 4) is 6.07 Å². The monoisotopic (exact) mass is 423 g/mol. The lowest BCUT2D eigenvalue weighted by Gasteiger charge is -2.43. The minimum atomic E-state index is -0.401. The van der Waals surface area contributed by atoms with Gasteiger partial charge >= 0.3 is 0 Å². The van der Waals surface area contributed by atoms with Gasteiger partial charge in [-0.3, -0.25) is 9.69 Å². The number of hydrogen-bond donors (Lipinski definition) is 1. The molecule has 0 fully saturated rings. The Morgan fingerprint density at radius 2 is 1.93 bits per heavy atom. The van der Waals surface area contributed by atoms with Crippen molar-refractivity contribution in [1.82, 2.24) is 0 Å². The molecule has 4 nitrogen and oxygen atoms in total. The lowest BCUT2D eigenvalue weighted by atomic mass is 9.69. The van der Waals surface area contributed by atoms with Crippen molar-refractivity contribution >= 4 is 34.4 Å². The van der Waals surface area contributed by atoms with Gasteiger partial charge in [-0.2, -0.15) is 5.26 Å². The van der Waals surface area contributed by atoms with Gasteiger partial charge in [0.25, 0.3) is 0 Å². The van der Waals surface area contributed by atoms with Gasteiger partial charge in [0.15, 0.2) is 5.78 Å². The van der Waals surface area contributed by atoms with Gasteiger partial charge in [-0.25, -0.2) is 0 Å². The van der Waals surface area contributed by atoms with Crippen LogP contribution in [0.15, 0.2) is 58.4 Å². The molecule has 2 aliphatic rings. The van der Waals surface area contributed by atoms with Gasteiger partial charge in [-0.1, -0.05) is 25.4 Å². The summed E-state index contributed by atoms with van der Waals surface area (Å²) < 4.78 is 0. The summed E-state index contributed by atoms with van der Waals surface area (Å²) in [5.41, 5.74) is 10.3. The fourth-order valence-electron chi connectivity index (χ4n) is 4.34. The minimum absolute atomic E-state index is 0.0910. The third-order valence-corrected chi connectivity index (χ3v) is 6.97. The summed E-state index contributed by atoms with van der Waals surface area (Å²) in [5.74, 6) is 0.0762. The highest BCUT2D eigenvalue weighted by Crippen LogP contribution is 2.51. The normalized spacial score (nSPS) is 21.3. The van der Waals surface area contributed by atoms with Crippen molar-refractivity contribution in [2.24, 2.45) is 11.1 Å². The number of ketones is 1. The zero-order chi connectivity index (χ0) is 20.9. The molecular weight excluding hydrogens is 402 g/mol. The molecule has 1 aliphatic heterocycles. The first-order valence-electron chi connectivity index (χ1n) is 9.49. The van der Waals surface area contributed by atoms with Crippen molar-refractivity contribution in [2.75, 3.05) is 4.90 Å². The molecule has 2 heterocycles. The molecule has 0 amide bonds. The molecule has 1 aromatic heterocycles. The van der Waals surface area contributed by atoms with E-state index in [4.69, 9.17) is 17.3 Å². The summed E-state index contributed by atoms with van der Waals surface area (Å²) in [7, 11) is 0. The lowest BCUT2D eigenvalue weighted by Crippen LogP contribution is -2.42. The summed E-state index contributed by atoms with van der Waals surface area (Å²) >= 11 is 7.65. The van der Waals surface area contributed by atoms with E-state index in [-0.39, 0.29) is 11.2 Å². The first-order chi connectivity index (χ1) is 13.7. The van der Waals surface area contributed by atoms with E-state index < -0.39 is 5.92 Å². The van der Waals surface area contributed by atoms with E-state index >= 15 is 0 Å². The van der Waals surface area contributed by atoms with E-state index in [2.05, 4.69) is 19.9 Å². The summed E-state index contributed by atoms with van der Waals surface area (Å²) in [6, 6.07) is 11.7. The lowest BCUT2D eigenvalue weighted by molar-refractivity contribution is -0.118. The third kappa shape index (κ3) is 3.27. The number of halogens is 1. The molecule has 2 aromatic rings. The van der Waals surface area contributed by atoms with Gasteiger partial charge in [0.1, 0.15) is 5.82 Å². The molecule has 6 heteroatoms. The maximum absolute atomic E-state index is 13.4. The number of Topliss-reactive ketones (excluding diaryl/α,β-unsaturated/α-hetero) is 1. The van der Waals surface area contributed by atoms with Crippen LogP contribution < -0.4 is 10.6 Å². The molecule has 4 rings (SSSR count). The van der Waals surface area contributed by atoms with E-state index in [0.29, 0.717) is 34.8 Å². The number of carbonyl (C=O) groups excluding carboxylic acids is 1. The Morgan fingerprint density at radius 1 is 1.24 bits per heavy atom. The van der Waals surface area contributed by atoms with Crippen molar-refractivity contribution < 1.29 is 4.79 Å². The highest BCUT2D eigenvalue weighted by atomic mass is 35.5. The number of anilines is 1. The highest BCUT2D eigenvalue weighted by molar-refractivity contribution is 7.10. The predicted octanol–water partition coefficient (Wildman–Crippen LogP) is 5.65. The fraction of sp³-hybridized carbons (Fsp3) is 0.304. The zero-order valence-corrected chi connectivity index (χ0v) is 18.2. The Hall–Kier alpha value is -2.55. The Bertz CT molecular complexity index is 1100. The van der Waals surface area contributed by atoms with Crippen molar-refractivity contribution in [3.05, 3.63) is 73.8 Å². The molecule has 1 aliphatic carbocycles. The molecule has 1 atom stereocenters. The number of benzene rings is 1. The quantitative estimate of drug-likeness (QED) is 0.677. The SMILES string of the molecule is Cc1ccsc1[C@H]1C(C#N)=C(N)N(c2ccc(Cl)cc2)C2=C1C(=O)CC(C)(C)C2. The van der Waals surface area contributed by atoms with Crippen LogP contribution in [0, 0.1) is 23.7 Å². The van der Waals surface area contributed by atoms with E-state index in [0.717, 1.165) is 21.8 Å². The van der Waals surface area contributed by atoms with Crippen LogP contribution in [0.4, 0.5) is 5.69 Å². The second-order valence-electron chi connectivity index (χ2n) is 8.42. The molecule has 29 heavy (non-hydrogen) atoms. The maximum atomic E-state index is 13.4. The highest BCUT2D eigenvalue weighted by Gasteiger charge is 2.45. The summed E-state index contributed by atoms with van der Waals surface area (Å²) in [6.07, 6.45) is 1.16. The number of aryl methyl sites for hydroxylation is 1. The molecule has 148 valence electrons. The topological polar surface area (TPSA) is 70.1 Å². The van der Waals surface area contributed by atoms with Gasteiger partial charge in [0, 0.05) is 33.3 Å². The van der Waals surface area contributed by atoms with E-state index in [1.165, 1.54) is 0 Å². The molecule has 1 aromatic carbocycles. The Kier molecular flexibility index (Phi) is 4.80. The Morgan fingerprint density at radius 3 is 2.52 bits per heavy atom. The summed E-state index contributed by atoms with van der Waals surface area (Å²) in [4.78, 5) is 16.3.